The summed E-state index contributed by atoms with van der Waals surface area (Å²) in [4.78, 5) is 27.6. The third-order valence-electron chi connectivity index (χ3n) is 3.55. The number of ether oxygens (including phenoxy) is 2. The lowest BCUT2D eigenvalue weighted by atomic mass is 10.2. The molecular weight excluding hydrogens is 367 g/mol. The van der Waals surface area contributed by atoms with Crippen LogP contribution in [0.1, 0.15) is 17.3 Å². The number of halogens is 3. The van der Waals surface area contributed by atoms with Crippen LogP contribution in [0, 0.1) is 0 Å². The molecule has 2 amide bonds. The summed E-state index contributed by atoms with van der Waals surface area (Å²) in [6.07, 6.45) is -3.98. The first-order chi connectivity index (χ1) is 12.7. The van der Waals surface area contributed by atoms with Gasteiger partial charge in [0.2, 0.25) is 5.88 Å². The monoisotopic (exact) mass is 381 g/mol. The fourth-order valence-corrected chi connectivity index (χ4v) is 2.25. The number of aromatic nitrogens is 1. The van der Waals surface area contributed by atoms with Crippen LogP contribution in [-0.4, -0.2) is 35.7 Å². The van der Waals surface area contributed by atoms with Crippen molar-refractivity contribution in [1.29, 1.82) is 0 Å². The zero-order chi connectivity index (χ0) is 19.6. The van der Waals surface area contributed by atoms with Crippen molar-refractivity contribution in [2.24, 2.45) is 0 Å². The lowest BCUT2D eigenvalue weighted by Crippen LogP contribution is -2.34. The first kappa shape index (κ1) is 18.5. The van der Waals surface area contributed by atoms with Gasteiger partial charge in [-0.15, -0.1) is 0 Å². The van der Waals surface area contributed by atoms with Crippen LogP contribution in [-0.2, 0) is 4.79 Å². The van der Waals surface area contributed by atoms with Gasteiger partial charge in [-0.05, 0) is 31.2 Å². The number of amides is 2. The largest absolute Gasteiger partial charge is 0.479 e. The molecule has 142 valence electrons. The van der Waals surface area contributed by atoms with Crippen molar-refractivity contribution in [3.05, 3.63) is 42.1 Å². The van der Waals surface area contributed by atoms with Crippen molar-refractivity contribution in [3.8, 4) is 11.6 Å². The smallest absolute Gasteiger partial charge is 0.422 e. The summed E-state index contributed by atoms with van der Waals surface area (Å²) in [5, 5.41) is 5.26. The second-order valence-corrected chi connectivity index (χ2v) is 5.70. The average molecular weight is 381 g/mol. The molecule has 2 heterocycles. The van der Waals surface area contributed by atoms with E-state index in [4.69, 9.17) is 4.74 Å². The summed E-state index contributed by atoms with van der Waals surface area (Å²) < 4.78 is 46.2. The van der Waals surface area contributed by atoms with E-state index < -0.39 is 24.8 Å². The molecule has 10 heteroatoms. The first-order valence-electron chi connectivity index (χ1n) is 7.80. The van der Waals surface area contributed by atoms with E-state index in [0.717, 1.165) is 6.20 Å². The average Bonchev–Trinajstić information content (AvgIpc) is 2.61. The van der Waals surface area contributed by atoms with Crippen LogP contribution in [0.4, 0.5) is 24.5 Å². The lowest BCUT2D eigenvalue weighted by molar-refractivity contribution is -0.154. The van der Waals surface area contributed by atoms with Gasteiger partial charge in [-0.25, -0.2) is 4.98 Å². The fourth-order valence-electron chi connectivity index (χ4n) is 2.25. The van der Waals surface area contributed by atoms with E-state index in [0.29, 0.717) is 17.1 Å². The number of alkyl halides is 3. The molecule has 0 fully saturated rings. The number of hydrogen-bond acceptors (Lipinski definition) is 5. The van der Waals surface area contributed by atoms with E-state index in [1.807, 2.05) is 0 Å². The molecule has 2 N–H and O–H groups in total. The molecule has 0 saturated carbocycles. The number of pyridine rings is 1. The Bertz CT molecular complexity index is 869. The molecule has 0 saturated heterocycles. The highest BCUT2D eigenvalue weighted by Crippen LogP contribution is 2.32. The van der Waals surface area contributed by atoms with Gasteiger partial charge >= 0.3 is 6.18 Å². The Morgan fingerprint density at radius 3 is 2.78 bits per heavy atom. The standard InChI is InChI=1S/C17H14F3N3O4/c1-9-15(24)23-12-6-11(3-4-13(12)27-9)22-16(25)10-2-5-14(21-7-10)26-8-17(18,19)20/h2-7,9H,8H2,1H3,(H,22,25)(H,23,24)/t9-/m0/s1. The highest BCUT2D eigenvalue weighted by atomic mass is 19.4. The Balaban J connectivity index is 1.65. The number of hydrogen-bond donors (Lipinski definition) is 2. The van der Waals surface area contributed by atoms with Gasteiger partial charge in [0.15, 0.2) is 12.7 Å². The maximum Gasteiger partial charge on any atom is 0.422 e. The van der Waals surface area contributed by atoms with Crippen LogP contribution < -0.4 is 20.1 Å². The number of nitrogens with zero attached hydrogens (tertiary/aromatic N) is 1. The van der Waals surface area contributed by atoms with Gasteiger partial charge in [0.25, 0.3) is 11.8 Å². The molecule has 1 aliphatic rings. The second kappa shape index (κ2) is 7.14. The molecule has 1 aromatic carbocycles. The number of rotatable bonds is 4. The normalized spacial score (nSPS) is 16.0. The molecule has 0 bridgehead atoms. The minimum absolute atomic E-state index is 0.126. The van der Waals surface area contributed by atoms with E-state index in [1.165, 1.54) is 18.2 Å². The van der Waals surface area contributed by atoms with Crippen molar-refractivity contribution in [2.75, 3.05) is 17.2 Å². The quantitative estimate of drug-likeness (QED) is 0.850. The van der Waals surface area contributed by atoms with Crippen LogP contribution in [0.25, 0.3) is 0 Å². The molecule has 3 rings (SSSR count). The minimum atomic E-state index is -4.47. The van der Waals surface area contributed by atoms with Crippen LogP contribution in [0.2, 0.25) is 0 Å². The summed E-state index contributed by atoms with van der Waals surface area (Å²) in [5.41, 5.74) is 0.945. The van der Waals surface area contributed by atoms with Crippen molar-refractivity contribution < 1.29 is 32.2 Å². The van der Waals surface area contributed by atoms with E-state index in [9.17, 15) is 22.8 Å². The molecule has 27 heavy (non-hydrogen) atoms. The third-order valence-corrected chi connectivity index (χ3v) is 3.55. The number of carbonyl (C=O) groups excluding carboxylic acids is 2. The van der Waals surface area contributed by atoms with Crippen LogP contribution in [0.3, 0.4) is 0 Å². The summed E-state index contributed by atoms with van der Waals surface area (Å²) in [6, 6.07) is 7.19. The summed E-state index contributed by atoms with van der Waals surface area (Å²) >= 11 is 0. The summed E-state index contributed by atoms with van der Waals surface area (Å²) in [6.45, 7) is 0.149. The molecule has 0 unspecified atom stereocenters. The van der Waals surface area contributed by atoms with Gasteiger partial charge in [-0.1, -0.05) is 0 Å². The third kappa shape index (κ3) is 4.66. The minimum Gasteiger partial charge on any atom is -0.479 e. The van der Waals surface area contributed by atoms with Gasteiger partial charge < -0.3 is 20.1 Å². The van der Waals surface area contributed by atoms with E-state index in [-0.39, 0.29) is 17.4 Å². The van der Waals surface area contributed by atoms with E-state index in [1.54, 1.807) is 19.1 Å². The summed E-state index contributed by atoms with van der Waals surface area (Å²) in [5.74, 6) is -0.592. The maximum atomic E-state index is 12.2. The molecule has 0 spiro atoms. The highest BCUT2D eigenvalue weighted by molar-refractivity contribution is 6.05. The van der Waals surface area contributed by atoms with Gasteiger partial charge in [0.05, 0.1) is 11.3 Å². The summed E-state index contributed by atoms with van der Waals surface area (Å²) in [7, 11) is 0. The van der Waals surface area contributed by atoms with Crippen molar-refractivity contribution in [3.63, 3.8) is 0 Å². The zero-order valence-electron chi connectivity index (χ0n) is 14.0. The predicted molar refractivity (Wildman–Crippen MR) is 88.9 cm³/mol. The predicted octanol–water partition coefficient (Wildman–Crippen LogP) is 2.99. The first-order valence-corrected chi connectivity index (χ1v) is 7.80. The molecule has 1 aromatic heterocycles. The molecule has 1 aliphatic heterocycles. The maximum absolute atomic E-state index is 12.2. The van der Waals surface area contributed by atoms with Crippen molar-refractivity contribution in [2.45, 2.75) is 19.2 Å². The van der Waals surface area contributed by atoms with Crippen LogP contribution in [0.15, 0.2) is 36.5 Å². The SMILES string of the molecule is C[C@@H]1Oc2ccc(NC(=O)c3ccc(OCC(F)(F)F)nc3)cc2NC1=O. The molecular formula is C17H14F3N3O4. The molecule has 1 atom stereocenters. The van der Waals surface area contributed by atoms with E-state index >= 15 is 0 Å². The van der Waals surface area contributed by atoms with Gasteiger partial charge in [-0.3, -0.25) is 9.59 Å². The second-order valence-electron chi connectivity index (χ2n) is 5.70. The number of carbonyl (C=O) groups is 2. The van der Waals surface area contributed by atoms with Crippen LogP contribution >= 0.6 is 0 Å². The number of fused-ring (bicyclic) bond motifs is 1. The topological polar surface area (TPSA) is 89.6 Å². The Morgan fingerprint density at radius 2 is 2.11 bits per heavy atom. The molecule has 0 radical (unpaired) electrons. The van der Waals surface area contributed by atoms with Gasteiger partial charge in [0, 0.05) is 18.0 Å². The number of nitrogens with one attached hydrogen (secondary N) is 2. The van der Waals surface area contributed by atoms with Crippen LogP contribution in [0.5, 0.6) is 11.6 Å². The van der Waals surface area contributed by atoms with E-state index in [2.05, 4.69) is 20.4 Å². The molecule has 7 nitrogen and oxygen atoms in total. The Hall–Kier alpha value is -3.30. The number of benzene rings is 1. The fraction of sp³-hybridized carbons (Fsp3) is 0.235. The van der Waals surface area contributed by atoms with Crippen molar-refractivity contribution >= 4 is 23.2 Å². The Kier molecular flexibility index (Phi) is 4.89. The van der Waals surface area contributed by atoms with Gasteiger partial charge in [-0.2, -0.15) is 13.2 Å². The van der Waals surface area contributed by atoms with Gasteiger partial charge in [0.1, 0.15) is 5.75 Å². The highest BCUT2D eigenvalue weighted by Gasteiger charge is 2.28. The molecule has 2 aromatic rings. The number of anilines is 2. The molecule has 0 aliphatic carbocycles. The Labute approximate surface area is 151 Å². The lowest BCUT2D eigenvalue weighted by Gasteiger charge is -2.23. The zero-order valence-corrected chi connectivity index (χ0v) is 14.0. The Morgan fingerprint density at radius 1 is 1.33 bits per heavy atom. The van der Waals surface area contributed by atoms with Crippen molar-refractivity contribution in [1.82, 2.24) is 4.98 Å².